The average Bonchev–Trinajstić information content (AvgIpc) is 3.59. The second-order valence-electron chi connectivity index (χ2n) is 12.4. The number of fused-ring (bicyclic) bond motifs is 6. The monoisotopic (exact) mass is 670 g/mol. The van der Waals surface area contributed by atoms with Crippen LogP contribution in [0.25, 0.3) is 66.4 Å². The van der Waals surface area contributed by atoms with Gasteiger partial charge in [0.1, 0.15) is 5.58 Å². The van der Waals surface area contributed by atoms with Crippen LogP contribution in [0.3, 0.4) is 0 Å². The van der Waals surface area contributed by atoms with Gasteiger partial charge in [0.2, 0.25) is 0 Å². The second-order valence-corrected chi connectivity index (χ2v) is 12.4. The Bertz CT molecular complexity index is 2820. The molecule has 0 atom stereocenters. The van der Waals surface area contributed by atoms with Gasteiger partial charge in [-0.1, -0.05) is 127 Å². The van der Waals surface area contributed by atoms with Gasteiger partial charge in [0.25, 0.3) is 0 Å². The minimum atomic E-state index is 0.449. The van der Waals surface area contributed by atoms with E-state index in [0.29, 0.717) is 18.2 Å². The van der Waals surface area contributed by atoms with E-state index in [2.05, 4.69) is 78.4 Å². The van der Waals surface area contributed by atoms with Crippen molar-refractivity contribution in [3.8, 4) is 22.6 Å². The molecular weight excluding hydrogens is 641 g/mol. The van der Waals surface area contributed by atoms with Crippen LogP contribution in [0.2, 0.25) is 0 Å². The summed E-state index contributed by atoms with van der Waals surface area (Å²) in [5.41, 5.74) is 9.55. The minimum absolute atomic E-state index is 0.449. The number of nitrogens with zero attached hydrogens (tertiary/aromatic N) is 6. The molecule has 4 aromatic heterocycles. The van der Waals surface area contributed by atoms with E-state index in [0.717, 1.165) is 83.1 Å². The zero-order valence-electron chi connectivity index (χ0n) is 28.0. The van der Waals surface area contributed by atoms with Crippen molar-refractivity contribution in [1.82, 2.24) is 15.0 Å². The van der Waals surface area contributed by atoms with E-state index in [1.807, 2.05) is 84.9 Å². The number of hydrogen-bond acceptors (Lipinski definition) is 5. The molecule has 9 aromatic rings. The average molecular weight is 671 g/mol. The number of furan rings is 1. The Morgan fingerprint density at radius 3 is 1.88 bits per heavy atom. The van der Waals surface area contributed by atoms with Crippen LogP contribution >= 0.6 is 0 Å². The molecule has 0 aliphatic carbocycles. The number of benzene rings is 5. The molecule has 4 heterocycles. The lowest BCUT2D eigenvalue weighted by atomic mass is 10.1. The maximum atomic E-state index is 6.00. The van der Waals surface area contributed by atoms with E-state index in [1.54, 1.807) is 6.20 Å². The molecule has 9 rings (SSSR count). The Morgan fingerprint density at radius 2 is 1.17 bits per heavy atom. The fourth-order valence-electron chi connectivity index (χ4n) is 6.45. The highest BCUT2D eigenvalue weighted by Gasteiger charge is 2.13. The van der Waals surface area contributed by atoms with Crippen LogP contribution in [0.15, 0.2) is 177 Å². The van der Waals surface area contributed by atoms with Crippen LogP contribution in [0, 0.1) is 0 Å². The molecule has 0 radical (unpaired) electrons. The van der Waals surface area contributed by atoms with Gasteiger partial charge in [0.05, 0.1) is 40.9 Å². The number of hydrogen-bond donors (Lipinski definition) is 0. The maximum Gasteiger partial charge on any atom is 0.161 e. The van der Waals surface area contributed by atoms with E-state index in [9.17, 15) is 0 Å². The molecule has 52 heavy (non-hydrogen) atoms. The van der Waals surface area contributed by atoms with Gasteiger partial charge in [-0.2, -0.15) is 0 Å². The summed E-state index contributed by atoms with van der Waals surface area (Å²) >= 11 is 0. The summed E-state index contributed by atoms with van der Waals surface area (Å²) in [7, 11) is 0. The fraction of sp³-hybridized carbons (Fsp3) is 0.0222. The molecule has 0 unspecified atom stereocenters. The van der Waals surface area contributed by atoms with Crippen molar-refractivity contribution in [1.29, 1.82) is 0 Å². The lowest BCUT2D eigenvalue weighted by Gasteiger charge is -2.09. The van der Waals surface area contributed by atoms with Crippen LogP contribution in [0.5, 0.6) is 0 Å². The smallest absolute Gasteiger partial charge is 0.161 e. The molecule has 0 aliphatic rings. The molecule has 0 fully saturated rings. The van der Waals surface area contributed by atoms with E-state index >= 15 is 0 Å². The van der Waals surface area contributed by atoms with Crippen molar-refractivity contribution in [3.63, 3.8) is 0 Å². The lowest BCUT2D eigenvalue weighted by Crippen LogP contribution is -2.05. The van der Waals surface area contributed by atoms with E-state index in [-0.39, 0.29) is 0 Å². The quantitative estimate of drug-likeness (QED) is 0.100. The highest BCUT2D eigenvalue weighted by atomic mass is 16.3. The van der Waals surface area contributed by atoms with Crippen LogP contribution in [-0.2, 0) is 6.54 Å². The second kappa shape index (κ2) is 13.3. The van der Waals surface area contributed by atoms with Crippen molar-refractivity contribution in [2.24, 2.45) is 15.0 Å². The van der Waals surface area contributed by atoms with Gasteiger partial charge in [-0.3, -0.25) is 9.98 Å². The van der Waals surface area contributed by atoms with E-state index in [1.165, 1.54) is 0 Å². The largest absolute Gasteiger partial charge is 0.454 e. The summed E-state index contributed by atoms with van der Waals surface area (Å²) < 4.78 is 6.00. The Kier molecular flexibility index (Phi) is 7.91. The zero-order chi connectivity index (χ0) is 34.9. The highest BCUT2D eigenvalue weighted by Crippen LogP contribution is 2.32. The van der Waals surface area contributed by atoms with E-state index in [4.69, 9.17) is 29.4 Å². The van der Waals surface area contributed by atoms with Gasteiger partial charge < -0.3 is 4.42 Å². The van der Waals surface area contributed by atoms with Crippen molar-refractivity contribution < 1.29 is 4.42 Å². The molecule has 7 heteroatoms. The van der Waals surface area contributed by atoms with Gasteiger partial charge in [-0.15, -0.1) is 0 Å². The standard InChI is InChI=1S/C45H30N6O/c1-46-44(33-10-4-2-5-11-33)51-45(34-12-6-3-7-13-34)48-27-29-16-18-30(19-17-29)37-24-22-31-20-21-32-23-25-38(50-43(32)42(31)49-37)39-26-36-35-14-8-9-15-40(35)52-41(36)28-47-39/h2-26,28H,1,27H2/b48-45-,51-44-. The summed E-state index contributed by atoms with van der Waals surface area (Å²) in [6.45, 7) is 4.21. The molecule has 0 amide bonds. The molecule has 0 N–H and O–H groups in total. The maximum absolute atomic E-state index is 6.00. The summed E-state index contributed by atoms with van der Waals surface area (Å²) in [4.78, 5) is 28.9. The molecular formula is C45H30N6O. The first-order valence-electron chi connectivity index (χ1n) is 17.0. The Hall–Kier alpha value is -7.12. The summed E-state index contributed by atoms with van der Waals surface area (Å²) in [6, 6.07) is 50.6. The lowest BCUT2D eigenvalue weighted by molar-refractivity contribution is 0.667. The predicted molar refractivity (Wildman–Crippen MR) is 212 cm³/mol. The Labute approximate surface area is 299 Å². The zero-order valence-corrected chi connectivity index (χ0v) is 28.0. The van der Waals surface area contributed by atoms with Crippen molar-refractivity contribution >= 4 is 62.1 Å². The third-order valence-electron chi connectivity index (χ3n) is 9.13. The van der Waals surface area contributed by atoms with Crippen LogP contribution in [0.1, 0.15) is 16.7 Å². The van der Waals surface area contributed by atoms with E-state index < -0.39 is 0 Å². The van der Waals surface area contributed by atoms with Crippen molar-refractivity contribution in [2.75, 3.05) is 0 Å². The normalized spacial score (nSPS) is 12.2. The topological polar surface area (TPSA) is 88.9 Å². The Balaban J connectivity index is 1.03. The van der Waals surface area contributed by atoms with Gasteiger partial charge >= 0.3 is 0 Å². The van der Waals surface area contributed by atoms with Crippen molar-refractivity contribution in [2.45, 2.75) is 6.54 Å². The third kappa shape index (κ3) is 5.90. The molecule has 5 aromatic carbocycles. The molecule has 0 spiro atoms. The van der Waals surface area contributed by atoms with Gasteiger partial charge in [-0.05, 0) is 36.5 Å². The molecule has 0 saturated heterocycles. The van der Waals surface area contributed by atoms with Gasteiger partial charge in [0, 0.05) is 38.2 Å². The van der Waals surface area contributed by atoms with Crippen molar-refractivity contribution in [3.05, 3.63) is 175 Å². The third-order valence-corrected chi connectivity index (χ3v) is 9.13. The molecule has 0 bridgehead atoms. The molecule has 0 aliphatic heterocycles. The SMILES string of the molecule is C=N/C(=N\C(=N/Cc1ccc(-c2ccc3ccc4ccc(-c5cc6c(cn5)oc5ccccc56)nc4c3n2)cc1)c1ccccc1)c1ccccc1. The molecule has 0 saturated carbocycles. The number of aromatic nitrogens is 3. The van der Waals surface area contributed by atoms with Crippen LogP contribution in [0.4, 0.5) is 0 Å². The number of para-hydroxylation sites is 1. The molecule has 246 valence electrons. The molecule has 7 nitrogen and oxygen atoms in total. The van der Waals surface area contributed by atoms with Gasteiger partial charge in [0.15, 0.2) is 17.3 Å². The Morgan fingerprint density at radius 1 is 0.558 bits per heavy atom. The first kappa shape index (κ1) is 30.9. The predicted octanol–water partition coefficient (Wildman–Crippen LogP) is 10.5. The number of rotatable bonds is 6. The van der Waals surface area contributed by atoms with Crippen LogP contribution < -0.4 is 0 Å². The summed E-state index contributed by atoms with van der Waals surface area (Å²) in [5, 5.41) is 4.12. The van der Waals surface area contributed by atoms with Crippen LogP contribution in [-0.4, -0.2) is 33.3 Å². The fourth-order valence-corrected chi connectivity index (χ4v) is 6.45. The first-order valence-corrected chi connectivity index (χ1v) is 17.0. The minimum Gasteiger partial charge on any atom is -0.454 e. The number of aliphatic imine (C=N–C) groups is 3. The first-order chi connectivity index (χ1) is 25.7. The highest BCUT2D eigenvalue weighted by molar-refractivity contribution is 6.12. The summed E-state index contributed by atoms with van der Waals surface area (Å²) in [5.74, 6) is 1.12. The summed E-state index contributed by atoms with van der Waals surface area (Å²) in [6.07, 6.45) is 1.78. The van der Waals surface area contributed by atoms with Gasteiger partial charge in [-0.25, -0.2) is 20.0 Å². The number of pyridine rings is 3. The number of amidine groups is 2.